The van der Waals surface area contributed by atoms with Crippen LogP contribution < -0.4 is 5.32 Å². The van der Waals surface area contributed by atoms with Gasteiger partial charge in [-0.25, -0.2) is 9.59 Å². The first kappa shape index (κ1) is 26.6. The summed E-state index contributed by atoms with van der Waals surface area (Å²) in [6.45, 7) is 13.4. The molecule has 174 valence electrons. The minimum absolute atomic E-state index is 0.190. The Bertz CT molecular complexity index is 669. The van der Waals surface area contributed by atoms with E-state index in [2.05, 4.69) is 60.2 Å². The summed E-state index contributed by atoms with van der Waals surface area (Å²) >= 11 is 0. The summed E-state index contributed by atoms with van der Waals surface area (Å²) in [5, 5.41) is 17.9. The molecule has 0 bridgehead atoms. The molecule has 1 amide bonds. The van der Waals surface area contributed by atoms with Crippen LogP contribution in [0.3, 0.4) is 0 Å². The minimum Gasteiger partial charge on any atom is -0.473 e. The number of piperidine rings is 1. The second-order valence-corrected chi connectivity index (χ2v) is 7.65. The molecule has 0 saturated carbocycles. The zero-order valence-electron chi connectivity index (χ0n) is 19.0. The zero-order chi connectivity index (χ0) is 23.2. The molecule has 0 aliphatic carbocycles. The maximum Gasteiger partial charge on any atom is 0.414 e. The van der Waals surface area contributed by atoms with Gasteiger partial charge in [0, 0.05) is 25.6 Å². The molecule has 1 aliphatic rings. The van der Waals surface area contributed by atoms with Crippen molar-refractivity contribution in [1.29, 1.82) is 0 Å². The Labute approximate surface area is 185 Å². The molecule has 1 aliphatic heterocycles. The number of likely N-dealkylation sites (N-methyl/N-ethyl adjacent to an activating group) is 1. The molecule has 1 aromatic rings. The SMILES string of the molecule is CCc1ccc(CN2CCC(C(=O)NCCN(CC)CC)CC2)cc1.O=C(O)C(=O)O. The van der Waals surface area contributed by atoms with Crippen molar-refractivity contribution in [3.05, 3.63) is 35.4 Å². The molecule has 0 unspecified atom stereocenters. The summed E-state index contributed by atoms with van der Waals surface area (Å²) in [6.07, 6.45) is 3.04. The average Bonchev–Trinajstić information content (AvgIpc) is 2.78. The van der Waals surface area contributed by atoms with E-state index in [0.29, 0.717) is 0 Å². The normalized spacial score (nSPS) is 14.6. The molecule has 1 saturated heterocycles. The molecular formula is C23H37N3O5. The fraction of sp³-hybridized carbons (Fsp3) is 0.609. The van der Waals surface area contributed by atoms with Crippen LogP contribution in [0.4, 0.5) is 0 Å². The number of carboxylic acid groups (broad SMARTS) is 2. The van der Waals surface area contributed by atoms with E-state index in [1.54, 1.807) is 0 Å². The predicted octanol–water partition coefficient (Wildman–Crippen LogP) is 2.07. The molecule has 2 rings (SSSR count). The lowest BCUT2D eigenvalue weighted by Crippen LogP contribution is -2.42. The number of likely N-dealkylation sites (tertiary alicyclic amines) is 1. The topological polar surface area (TPSA) is 110 Å². The monoisotopic (exact) mass is 435 g/mol. The number of carbonyl (C=O) groups is 3. The third-order valence-corrected chi connectivity index (χ3v) is 5.60. The van der Waals surface area contributed by atoms with E-state index < -0.39 is 11.9 Å². The largest absolute Gasteiger partial charge is 0.473 e. The second kappa shape index (κ2) is 14.5. The Morgan fingerprint density at radius 2 is 1.48 bits per heavy atom. The van der Waals surface area contributed by atoms with Gasteiger partial charge in [0.05, 0.1) is 0 Å². The van der Waals surface area contributed by atoms with Crippen molar-refractivity contribution in [3.8, 4) is 0 Å². The maximum atomic E-state index is 12.3. The third kappa shape index (κ3) is 10.4. The third-order valence-electron chi connectivity index (χ3n) is 5.60. The van der Waals surface area contributed by atoms with E-state index >= 15 is 0 Å². The Balaban J connectivity index is 0.000000703. The van der Waals surface area contributed by atoms with Gasteiger partial charge < -0.3 is 20.4 Å². The number of nitrogens with zero attached hydrogens (tertiary/aromatic N) is 2. The summed E-state index contributed by atoms with van der Waals surface area (Å²) in [7, 11) is 0. The highest BCUT2D eigenvalue weighted by molar-refractivity contribution is 6.27. The van der Waals surface area contributed by atoms with Crippen LogP contribution in [0.15, 0.2) is 24.3 Å². The zero-order valence-corrected chi connectivity index (χ0v) is 19.0. The minimum atomic E-state index is -1.82. The molecule has 1 aromatic carbocycles. The standard InChI is InChI=1S/C21H35N3O.C2H2O4/c1-4-18-7-9-19(10-8-18)17-24-14-11-20(12-15-24)21(25)22-13-16-23(5-2)6-3;3-1(4)2(5)6/h7-10,20H,4-6,11-17H2,1-3H3,(H,22,25);(H,3,4)(H,5,6). The highest BCUT2D eigenvalue weighted by Gasteiger charge is 2.24. The van der Waals surface area contributed by atoms with E-state index in [1.165, 1.54) is 11.1 Å². The number of aliphatic carboxylic acids is 2. The first-order chi connectivity index (χ1) is 14.8. The first-order valence-corrected chi connectivity index (χ1v) is 11.1. The average molecular weight is 436 g/mol. The van der Waals surface area contributed by atoms with Crippen molar-refractivity contribution in [3.63, 3.8) is 0 Å². The van der Waals surface area contributed by atoms with Crippen molar-refractivity contribution in [2.24, 2.45) is 5.92 Å². The maximum absolute atomic E-state index is 12.3. The molecule has 1 fully saturated rings. The Morgan fingerprint density at radius 3 is 1.94 bits per heavy atom. The van der Waals surface area contributed by atoms with Crippen molar-refractivity contribution in [2.45, 2.75) is 46.6 Å². The fourth-order valence-corrected chi connectivity index (χ4v) is 3.51. The van der Waals surface area contributed by atoms with Gasteiger partial charge in [-0.3, -0.25) is 9.69 Å². The van der Waals surface area contributed by atoms with Gasteiger partial charge in [-0.1, -0.05) is 45.0 Å². The Morgan fingerprint density at radius 1 is 0.968 bits per heavy atom. The van der Waals surface area contributed by atoms with Crippen LogP contribution in [0.2, 0.25) is 0 Å². The van der Waals surface area contributed by atoms with Gasteiger partial charge in [0.15, 0.2) is 0 Å². The molecule has 0 aromatic heterocycles. The second-order valence-electron chi connectivity index (χ2n) is 7.65. The molecule has 1 heterocycles. The first-order valence-electron chi connectivity index (χ1n) is 11.1. The van der Waals surface area contributed by atoms with E-state index in [4.69, 9.17) is 19.8 Å². The molecule has 8 heteroatoms. The number of amides is 1. The van der Waals surface area contributed by atoms with Gasteiger partial charge >= 0.3 is 11.9 Å². The van der Waals surface area contributed by atoms with Gasteiger partial charge in [-0.15, -0.1) is 0 Å². The molecule has 31 heavy (non-hydrogen) atoms. The molecule has 0 radical (unpaired) electrons. The van der Waals surface area contributed by atoms with Gasteiger partial charge in [0.2, 0.25) is 5.91 Å². The molecule has 3 N–H and O–H groups in total. The number of hydrogen-bond acceptors (Lipinski definition) is 5. The van der Waals surface area contributed by atoms with Crippen LogP contribution in [-0.4, -0.2) is 77.1 Å². The lowest BCUT2D eigenvalue weighted by Gasteiger charge is -2.31. The summed E-state index contributed by atoms with van der Waals surface area (Å²) in [6, 6.07) is 8.94. The van der Waals surface area contributed by atoms with Gasteiger partial charge in [0.25, 0.3) is 0 Å². The lowest BCUT2D eigenvalue weighted by atomic mass is 9.95. The van der Waals surface area contributed by atoms with Crippen molar-refractivity contribution < 1.29 is 24.6 Å². The summed E-state index contributed by atoms with van der Waals surface area (Å²) in [5.41, 5.74) is 2.77. The van der Waals surface area contributed by atoms with Crippen LogP contribution >= 0.6 is 0 Å². The van der Waals surface area contributed by atoms with Crippen molar-refractivity contribution >= 4 is 17.8 Å². The highest BCUT2D eigenvalue weighted by Crippen LogP contribution is 2.19. The lowest BCUT2D eigenvalue weighted by molar-refractivity contribution is -0.159. The van der Waals surface area contributed by atoms with Crippen LogP contribution in [0.1, 0.15) is 44.7 Å². The van der Waals surface area contributed by atoms with Crippen LogP contribution in [0, 0.1) is 5.92 Å². The Kier molecular flexibility index (Phi) is 12.5. The smallest absolute Gasteiger partial charge is 0.414 e. The van der Waals surface area contributed by atoms with Crippen LogP contribution in [0.5, 0.6) is 0 Å². The molecular weight excluding hydrogens is 398 g/mol. The number of carbonyl (C=O) groups excluding carboxylic acids is 1. The number of nitrogens with one attached hydrogen (secondary N) is 1. The van der Waals surface area contributed by atoms with E-state index in [1.807, 2.05) is 0 Å². The summed E-state index contributed by atoms with van der Waals surface area (Å²) in [5.74, 6) is -3.21. The quantitative estimate of drug-likeness (QED) is 0.509. The Hall–Kier alpha value is -2.45. The van der Waals surface area contributed by atoms with Gasteiger partial charge in [-0.05, 0) is 56.6 Å². The number of rotatable bonds is 9. The van der Waals surface area contributed by atoms with E-state index in [9.17, 15) is 4.79 Å². The molecule has 8 nitrogen and oxygen atoms in total. The fourth-order valence-electron chi connectivity index (χ4n) is 3.51. The summed E-state index contributed by atoms with van der Waals surface area (Å²) in [4.78, 5) is 35.4. The predicted molar refractivity (Wildman–Crippen MR) is 120 cm³/mol. The van der Waals surface area contributed by atoms with E-state index in [-0.39, 0.29) is 11.8 Å². The van der Waals surface area contributed by atoms with Gasteiger partial charge in [0.1, 0.15) is 0 Å². The number of hydrogen-bond donors (Lipinski definition) is 3. The number of benzene rings is 1. The number of aryl methyl sites for hydroxylation is 1. The van der Waals surface area contributed by atoms with Crippen molar-refractivity contribution in [1.82, 2.24) is 15.1 Å². The van der Waals surface area contributed by atoms with Crippen LogP contribution in [-0.2, 0) is 27.3 Å². The van der Waals surface area contributed by atoms with Crippen LogP contribution in [0.25, 0.3) is 0 Å². The number of carboxylic acids is 2. The molecule has 0 atom stereocenters. The van der Waals surface area contributed by atoms with E-state index in [0.717, 1.165) is 65.1 Å². The van der Waals surface area contributed by atoms with Gasteiger partial charge in [-0.2, -0.15) is 0 Å². The highest BCUT2D eigenvalue weighted by atomic mass is 16.4. The summed E-state index contributed by atoms with van der Waals surface area (Å²) < 4.78 is 0. The van der Waals surface area contributed by atoms with Crippen molar-refractivity contribution in [2.75, 3.05) is 39.3 Å². The molecule has 0 spiro atoms.